The van der Waals surface area contributed by atoms with Crippen molar-refractivity contribution in [1.82, 2.24) is 5.32 Å². The summed E-state index contributed by atoms with van der Waals surface area (Å²) in [5, 5.41) is 2.98. The Morgan fingerprint density at radius 1 is 1.50 bits per heavy atom. The van der Waals surface area contributed by atoms with Crippen LogP contribution in [-0.2, 0) is 0 Å². The van der Waals surface area contributed by atoms with Gasteiger partial charge in [0.05, 0.1) is 12.7 Å². The molecule has 1 saturated carbocycles. The molecule has 0 bridgehead atoms. The van der Waals surface area contributed by atoms with Crippen LogP contribution in [0.2, 0.25) is 0 Å². The molecule has 0 aromatic heterocycles. The van der Waals surface area contributed by atoms with Gasteiger partial charge in [0.25, 0.3) is 5.91 Å². The van der Waals surface area contributed by atoms with Crippen molar-refractivity contribution in [1.29, 1.82) is 0 Å². The van der Waals surface area contributed by atoms with Gasteiger partial charge in [0.1, 0.15) is 5.75 Å². The third-order valence-corrected chi connectivity index (χ3v) is 3.11. The summed E-state index contributed by atoms with van der Waals surface area (Å²) < 4.78 is 5.17. The molecule has 1 aliphatic carbocycles. The Hall–Kier alpha value is -1.26. The molecule has 1 aromatic carbocycles. The molecule has 0 radical (unpaired) electrons. The van der Waals surface area contributed by atoms with Crippen LogP contribution in [0.5, 0.6) is 5.75 Å². The number of nitrogens with two attached hydrogens (primary N) is 1. The zero-order chi connectivity index (χ0) is 12.3. The van der Waals surface area contributed by atoms with E-state index in [0.29, 0.717) is 23.8 Å². The summed E-state index contributed by atoms with van der Waals surface area (Å²) in [4.78, 5) is 12.1. The lowest BCUT2D eigenvalue weighted by Gasteiger charge is -2.17. The second kappa shape index (κ2) is 6.61. The van der Waals surface area contributed by atoms with Crippen LogP contribution in [0.15, 0.2) is 24.3 Å². The first kappa shape index (κ1) is 14.8. The largest absolute Gasteiger partial charge is 0.496 e. The minimum absolute atomic E-state index is 0. The Labute approximate surface area is 113 Å². The lowest BCUT2D eigenvalue weighted by molar-refractivity contribution is 0.0930. The number of amides is 1. The Morgan fingerprint density at radius 2 is 2.17 bits per heavy atom. The fourth-order valence-electron chi connectivity index (χ4n) is 1.95. The van der Waals surface area contributed by atoms with Crippen molar-refractivity contribution in [2.75, 3.05) is 13.7 Å². The second-order valence-corrected chi connectivity index (χ2v) is 4.35. The number of hydrogen-bond acceptors (Lipinski definition) is 3. The topological polar surface area (TPSA) is 64.3 Å². The van der Waals surface area contributed by atoms with E-state index in [0.717, 1.165) is 12.8 Å². The number of para-hydroxylation sites is 1. The van der Waals surface area contributed by atoms with E-state index in [1.54, 1.807) is 19.2 Å². The number of nitrogens with one attached hydrogen (secondary N) is 1. The normalized spacial score (nSPS) is 15.4. The van der Waals surface area contributed by atoms with Gasteiger partial charge in [-0.25, -0.2) is 0 Å². The fourth-order valence-corrected chi connectivity index (χ4v) is 1.95. The molecule has 1 aromatic rings. The van der Waals surface area contributed by atoms with Gasteiger partial charge in [-0.1, -0.05) is 12.1 Å². The maximum Gasteiger partial charge on any atom is 0.255 e. The summed E-state index contributed by atoms with van der Waals surface area (Å²) in [6.07, 6.45) is 2.32. The zero-order valence-electron chi connectivity index (χ0n) is 10.4. The van der Waals surface area contributed by atoms with Crippen molar-refractivity contribution in [3.63, 3.8) is 0 Å². The third-order valence-electron chi connectivity index (χ3n) is 3.11. The summed E-state index contributed by atoms with van der Waals surface area (Å²) >= 11 is 0. The summed E-state index contributed by atoms with van der Waals surface area (Å²) in [6, 6.07) is 7.30. The van der Waals surface area contributed by atoms with E-state index >= 15 is 0 Å². The predicted octanol–water partition coefficient (Wildman–Crippen LogP) is 1.58. The highest BCUT2D eigenvalue weighted by Gasteiger charge is 2.31. The first-order valence-electron chi connectivity index (χ1n) is 5.90. The minimum Gasteiger partial charge on any atom is -0.496 e. The van der Waals surface area contributed by atoms with Gasteiger partial charge in [-0.3, -0.25) is 4.79 Å². The van der Waals surface area contributed by atoms with Gasteiger partial charge in [-0.2, -0.15) is 0 Å². The van der Waals surface area contributed by atoms with E-state index in [1.165, 1.54) is 0 Å². The lowest BCUT2D eigenvalue weighted by atomic mass is 10.1. The highest BCUT2D eigenvalue weighted by Crippen LogP contribution is 2.32. The molecular formula is C13H19ClN2O2. The molecule has 1 amide bonds. The molecule has 3 N–H and O–H groups in total. The molecule has 5 heteroatoms. The lowest BCUT2D eigenvalue weighted by Crippen LogP contribution is -2.41. The van der Waals surface area contributed by atoms with Crippen molar-refractivity contribution in [3.8, 4) is 5.75 Å². The number of benzene rings is 1. The summed E-state index contributed by atoms with van der Waals surface area (Å²) in [7, 11) is 1.56. The monoisotopic (exact) mass is 270 g/mol. The SMILES string of the molecule is COc1ccccc1C(=O)NC(CN)C1CC1.Cl. The van der Waals surface area contributed by atoms with Crippen molar-refractivity contribution in [3.05, 3.63) is 29.8 Å². The van der Waals surface area contributed by atoms with Gasteiger partial charge in [0.15, 0.2) is 0 Å². The van der Waals surface area contributed by atoms with Crippen LogP contribution >= 0.6 is 12.4 Å². The molecule has 0 heterocycles. The highest BCUT2D eigenvalue weighted by molar-refractivity contribution is 5.97. The molecular weight excluding hydrogens is 252 g/mol. The van der Waals surface area contributed by atoms with Gasteiger partial charge in [0, 0.05) is 12.6 Å². The Bertz CT molecular complexity index is 408. The van der Waals surface area contributed by atoms with Gasteiger partial charge in [-0.15, -0.1) is 12.4 Å². The van der Waals surface area contributed by atoms with Crippen molar-refractivity contribution >= 4 is 18.3 Å². The standard InChI is InChI=1S/C13H18N2O2.ClH/c1-17-12-5-3-2-4-10(12)13(16)15-11(8-14)9-6-7-9;/h2-5,9,11H,6-8,14H2,1H3,(H,15,16);1H. The number of ether oxygens (including phenoxy) is 1. The maximum atomic E-state index is 12.1. The molecule has 1 unspecified atom stereocenters. The number of hydrogen-bond donors (Lipinski definition) is 2. The summed E-state index contributed by atoms with van der Waals surface area (Å²) in [5.41, 5.74) is 6.23. The quantitative estimate of drug-likeness (QED) is 0.854. The number of methoxy groups -OCH3 is 1. The van der Waals surface area contributed by atoms with Gasteiger partial charge in [0.2, 0.25) is 0 Å². The van der Waals surface area contributed by atoms with Crippen LogP contribution in [0.1, 0.15) is 23.2 Å². The summed E-state index contributed by atoms with van der Waals surface area (Å²) in [6.45, 7) is 0.492. The first-order valence-corrected chi connectivity index (χ1v) is 5.90. The molecule has 0 aliphatic heterocycles. The van der Waals surface area contributed by atoms with E-state index in [9.17, 15) is 4.79 Å². The molecule has 100 valence electrons. The molecule has 4 nitrogen and oxygen atoms in total. The van der Waals surface area contributed by atoms with E-state index < -0.39 is 0 Å². The molecule has 0 spiro atoms. The molecule has 1 atom stereocenters. The molecule has 0 saturated heterocycles. The average Bonchev–Trinajstić information content (AvgIpc) is 3.19. The average molecular weight is 271 g/mol. The van der Waals surface area contributed by atoms with Crippen molar-refractivity contribution in [2.24, 2.45) is 11.7 Å². The number of rotatable bonds is 5. The molecule has 2 rings (SSSR count). The molecule has 18 heavy (non-hydrogen) atoms. The molecule has 1 fully saturated rings. The van der Waals surface area contributed by atoms with E-state index in [1.807, 2.05) is 12.1 Å². The summed E-state index contributed by atoms with van der Waals surface area (Å²) in [5.74, 6) is 1.04. The van der Waals surface area contributed by atoms with Crippen LogP contribution in [0.3, 0.4) is 0 Å². The minimum atomic E-state index is -0.107. The van der Waals surface area contributed by atoms with Crippen LogP contribution < -0.4 is 15.8 Å². The Balaban J connectivity index is 0.00000162. The highest BCUT2D eigenvalue weighted by atomic mass is 35.5. The molecule has 1 aliphatic rings. The van der Waals surface area contributed by atoms with Crippen molar-refractivity contribution in [2.45, 2.75) is 18.9 Å². The number of carbonyl (C=O) groups excluding carboxylic acids is 1. The van der Waals surface area contributed by atoms with Gasteiger partial charge < -0.3 is 15.8 Å². The van der Waals surface area contributed by atoms with Crippen LogP contribution in [0.4, 0.5) is 0 Å². The van der Waals surface area contributed by atoms with Crippen molar-refractivity contribution < 1.29 is 9.53 Å². The van der Waals surface area contributed by atoms with E-state index in [2.05, 4.69) is 5.32 Å². The van der Waals surface area contributed by atoms with Gasteiger partial charge in [-0.05, 0) is 30.9 Å². The first-order chi connectivity index (χ1) is 8.26. The predicted molar refractivity (Wildman–Crippen MR) is 73.3 cm³/mol. The Morgan fingerprint density at radius 3 is 2.72 bits per heavy atom. The number of halogens is 1. The van der Waals surface area contributed by atoms with E-state index in [4.69, 9.17) is 10.5 Å². The van der Waals surface area contributed by atoms with Crippen LogP contribution in [0, 0.1) is 5.92 Å². The zero-order valence-corrected chi connectivity index (χ0v) is 11.2. The Kier molecular flexibility index (Phi) is 5.44. The van der Waals surface area contributed by atoms with Crippen LogP contribution in [0.25, 0.3) is 0 Å². The smallest absolute Gasteiger partial charge is 0.255 e. The van der Waals surface area contributed by atoms with E-state index in [-0.39, 0.29) is 24.4 Å². The maximum absolute atomic E-state index is 12.1. The second-order valence-electron chi connectivity index (χ2n) is 4.35. The third kappa shape index (κ3) is 3.37. The number of carbonyl (C=O) groups is 1. The van der Waals surface area contributed by atoms with Gasteiger partial charge >= 0.3 is 0 Å². The fraction of sp³-hybridized carbons (Fsp3) is 0.462. The van der Waals surface area contributed by atoms with Crippen LogP contribution in [-0.4, -0.2) is 25.6 Å².